The van der Waals surface area contributed by atoms with Crippen molar-refractivity contribution >= 4 is 0 Å². The molecule has 1 heterocycles. The lowest BCUT2D eigenvalue weighted by Gasteiger charge is -2.33. The van der Waals surface area contributed by atoms with Crippen LogP contribution in [-0.4, -0.2) is 57.6 Å². The van der Waals surface area contributed by atoms with Gasteiger partial charge >= 0.3 is 0 Å². The maximum atomic E-state index is 8.91. The van der Waals surface area contributed by atoms with Gasteiger partial charge in [0.15, 0.2) is 6.29 Å². The Morgan fingerprint density at radius 1 is 1.57 bits per heavy atom. The van der Waals surface area contributed by atoms with Gasteiger partial charge in [-0.15, -0.1) is 0 Å². The maximum absolute atomic E-state index is 8.91. The van der Waals surface area contributed by atoms with E-state index in [4.69, 9.17) is 14.7 Å². The van der Waals surface area contributed by atoms with E-state index in [1.807, 2.05) is 0 Å². The van der Waals surface area contributed by atoms with Crippen LogP contribution in [0.5, 0.6) is 0 Å². The van der Waals surface area contributed by atoms with Gasteiger partial charge in [-0.2, -0.15) is 5.26 Å². The van der Waals surface area contributed by atoms with Crippen LogP contribution in [0.4, 0.5) is 0 Å². The predicted octanol–water partition coefficient (Wildman–Crippen LogP) is -0.597. The number of methoxy groups -OCH3 is 2. The SMILES string of the molecule is COC(CN1CCNCC1C#N)OC. The molecular weight excluding hydrogens is 182 g/mol. The number of nitrogens with one attached hydrogen (secondary N) is 1. The predicted molar refractivity (Wildman–Crippen MR) is 51.6 cm³/mol. The first-order valence-corrected chi connectivity index (χ1v) is 4.71. The average molecular weight is 199 g/mol. The molecular formula is C9H17N3O2. The molecule has 0 saturated carbocycles. The fraction of sp³-hybridized carbons (Fsp3) is 0.889. The minimum absolute atomic E-state index is 0.0726. The third-order valence-corrected chi connectivity index (χ3v) is 2.41. The van der Waals surface area contributed by atoms with E-state index in [1.54, 1.807) is 14.2 Å². The van der Waals surface area contributed by atoms with E-state index in [1.165, 1.54) is 0 Å². The van der Waals surface area contributed by atoms with Crippen LogP contribution in [0.2, 0.25) is 0 Å². The Hall–Kier alpha value is -0.670. The molecule has 14 heavy (non-hydrogen) atoms. The molecule has 0 amide bonds. The Morgan fingerprint density at radius 3 is 2.86 bits per heavy atom. The average Bonchev–Trinajstić information content (AvgIpc) is 2.26. The highest BCUT2D eigenvalue weighted by Gasteiger charge is 2.24. The zero-order valence-corrected chi connectivity index (χ0v) is 8.69. The number of hydrogen-bond donors (Lipinski definition) is 1. The van der Waals surface area contributed by atoms with Gasteiger partial charge in [0.25, 0.3) is 0 Å². The summed E-state index contributed by atoms with van der Waals surface area (Å²) >= 11 is 0. The Morgan fingerprint density at radius 2 is 2.29 bits per heavy atom. The maximum Gasteiger partial charge on any atom is 0.169 e. The summed E-state index contributed by atoms with van der Waals surface area (Å²) in [6.07, 6.45) is -0.246. The highest BCUT2D eigenvalue weighted by molar-refractivity contribution is 4.96. The van der Waals surface area contributed by atoms with Gasteiger partial charge in [-0.25, -0.2) is 0 Å². The van der Waals surface area contributed by atoms with Crippen LogP contribution < -0.4 is 5.32 Å². The standard InChI is InChI=1S/C9H17N3O2/c1-13-9(14-2)7-12-4-3-11-6-8(12)5-10/h8-9,11H,3-4,6-7H2,1-2H3. The van der Waals surface area contributed by atoms with E-state index in [0.29, 0.717) is 6.54 Å². The first kappa shape index (κ1) is 11.4. The summed E-state index contributed by atoms with van der Waals surface area (Å²) in [5, 5.41) is 12.1. The molecule has 0 aromatic heterocycles. The lowest BCUT2D eigenvalue weighted by atomic mass is 10.2. The summed E-state index contributed by atoms with van der Waals surface area (Å²) in [7, 11) is 3.22. The van der Waals surface area contributed by atoms with Gasteiger partial charge in [0.2, 0.25) is 0 Å². The molecule has 1 saturated heterocycles. The van der Waals surface area contributed by atoms with E-state index in [2.05, 4.69) is 16.3 Å². The van der Waals surface area contributed by atoms with Crippen LogP contribution in [0, 0.1) is 11.3 Å². The van der Waals surface area contributed by atoms with Crippen molar-refractivity contribution in [1.29, 1.82) is 5.26 Å². The summed E-state index contributed by atoms with van der Waals surface area (Å²) in [5.74, 6) is 0. The summed E-state index contributed by atoms with van der Waals surface area (Å²) in [6, 6.07) is 2.19. The lowest BCUT2D eigenvalue weighted by molar-refractivity contribution is -0.119. The van der Waals surface area contributed by atoms with Crippen molar-refractivity contribution in [3.05, 3.63) is 0 Å². The molecule has 1 aliphatic rings. The number of nitriles is 1. The summed E-state index contributed by atoms with van der Waals surface area (Å²) < 4.78 is 10.2. The molecule has 5 nitrogen and oxygen atoms in total. The molecule has 80 valence electrons. The molecule has 0 aromatic carbocycles. The minimum Gasteiger partial charge on any atom is -0.355 e. The van der Waals surface area contributed by atoms with Crippen molar-refractivity contribution in [3.63, 3.8) is 0 Å². The second-order valence-electron chi connectivity index (χ2n) is 3.24. The van der Waals surface area contributed by atoms with E-state index in [0.717, 1.165) is 19.6 Å². The van der Waals surface area contributed by atoms with Gasteiger partial charge in [0.05, 0.1) is 12.6 Å². The minimum atomic E-state index is -0.246. The van der Waals surface area contributed by atoms with Gasteiger partial charge < -0.3 is 14.8 Å². The van der Waals surface area contributed by atoms with E-state index < -0.39 is 0 Å². The van der Waals surface area contributed by atoms with Crippen molar-refractivity contribution in [3.8, 4) is 6.07 Å². The molecule has 0 bridgehead atoms. The first-order valence-electron chi connectivity index (χ1n) is 4.71. The highest BCUT2D eigenvalue weighted by atomic mass is 16.7. The topological polar surface area (TPSA) is 57.5 Å². The molecule has 0 aliphatic carbocycles. The molecule has 1 aliphatic heterocycles. The highest BCUT2D eigenvalue weighted by Crippen LogP contribution is 2.05. The monoisotopic (exact) mass is 199 g/mol. The van der Waals surface area contributed by atoms with Crippen LogP contribution in [0.15, 0.2) is 0 Å². The number of rotatable bonds is 4. The van der Waals surface area contributed by atoms with Crippen molar-refractivity contribution in [2.75, 3.05) is 40.4 Å². The van der Waals surface area contributed by atoms with Crippen LogP contribution >= 0.6 is 0 Å². The summed E-state index contributed by atoms with van der Waals surface area (Å²) in [5.41, 5.74) is 0. The lowest BCUT2D eigenvalue weighted by Crippen LogP contribution is -2.53. The fourth-order valence-corrected chi connectivity index (χ4v) is 1.53. The molecule has 0 radical (unpaired) electrons. The molecule has 1 atom stereocenters. The molecule has 1 unspecified atom stereocenters. The van der Waals surface area contributed by atoms with E-state index >= 15 is 0 Å². The van der Waals surface area contributed by atoms with Crippen molar-refractivity contribution < 1.29 is 9.47 Å². The molecule has 1 N–H and O–H groups in total. The molecule has 0 aromatic rings. The van der Waals surface area contributed by atoms with Crippen LogP contribution in [0.1, 0.15) is 0 Å². The Bertz CT molecular complexity index is 201. The number of piperazine rings is 1. The van der Waals surface area contributed by atoms with Gasteiger partial charge in [-0.3, -0.25) is 4.90 Å². The Labute approximate surface area is 84.6 Å². The number of hydrogen-bond acceptors (Lipinski definition) is 5. The van der Waals surface area contributed by atoms with Crippen LogP contribution in [0.25, 0.3) is 0 Å². The Balaban J connectivity index is 2.44. The summed E-state index contributed by atoms with van der Waals surface area (Å²) in [6.45, 7) is 3.14. The molecule has 0 spiro atoms. The van der Waals surface area contributed by atoms with Crippen molar-refractivity contribution in [2.45, 2.75) is 12.3 Å². The van der Waals surface area contributed by atoms with E-state index in [9.17, 15) is 0 Å². The quantitative estimate of drug-likeness (QED) is 0.613. The number of nitrogens with zero attached hydrogens (tertiary/aromatic N) is 2. The van der Waals surface area contributed by atoms with Crippen molar-refractivity contribution in [2.24, 2.45) is 0 Å². The largest absolute Gasteiger partial charge is 0.355 e. The molecule has 5 heteroatoms. The summed E-state index contributed by atoms with van der Waals surface area (Å²) in [4.78, 5) is 2.08. The van der Waals surface area contributed by atoms with Crippen LogP contribution in [-0.2, 0) is 9.47 Å². The number of ether oxygens (including phenoxy) is 2. The van der Waals surface area contributed by atoms with Gasteiger partial charge in [0.1, 0.15) is 6.04 Å². The second-order valence-corrected chi connectivity index (χ2v) is 3.24. The van der Waals surface area contributed by atoms with Gasteiger partial charge in [-0.05, 0) is 0 Å². The second kappa shape index (κ2) is 5.94. The fourth-order valence-electron chi connectivity index (χ4n) is 1.53. The Kier molecular flexibility index (Phi) is 4.84. The van der Waals surface area contributed by atoms with Gasteiger partial charge in [0, 0.05) is 33.9 Å². The third kappa shape index (κ3) is 2.93. The molecule has 1 rings (SSSR count). The molecule has 1 fully saturated rings. The van der Waals surface area contributed by atoms with Crippen molar-refractivity contribution in [1.82, 2.24) is 10.2 Å². The smallest absolute Gasteiger partial charge is 0.169 e. The van der Waals surface area contributed by atoms with Crippen LogP contribution in [0.3, 0.4) is 0 Å². The van der Waals surface area contributed by atoms with Gasteiger partial charge in [-0.1, -0.05) is 0 Å². The van der Waals surface area contributed by atoms with E-state index in [-0.39, 0.29) is 12.3 Å². The third-order valence-electron chi connectivity index (χ3n) is 2.41. The normalized spacial score (nSPS) is 23.7. The first-order chi connectivity index (χ1) is 6.81. The zero-order chi connectivity index (χ0) is 10.4. The zero-order valence-electron chi connectivity index (χ0n) is 8.69.